The van der Waals surface area contributed by atoms with Gasteiger partial charge in [0.2, 0.25) is 6.41 Å². The molecule has 1 unspecified atom stereocenters. The number of hydrogen-bond acceptors (Lipinski definition) is 3. The van der Waals surface area contributed by atoms with Crippen molar-refractivity contribution in [2.45, 2.75) is 60.0 Å². The number of ether oxygens (including phenoxy) is 1. The molecule has 0 saturated carbocycles. The molecule has 1 amide bonds. The van der Waals surface area contributed by atoms with Crippen LogP contribution in [-0.4, -0.2) is 62.1 Å². The van der Waals surface area contributed by atoms with Gasteiger partial charge in [-0.05, 0) is 19.4 Å². The standard InChI is InChI=1S/C12H24N2O2.2C2H6/c1-3-4-6-14-8-9-16-12(10-14)5-7-13(2)11-15;2*1-2/h11-12H,3-10H2,1-2H3;2*1-2H3. The maximum Gasteiger partial charge on any atom is 0.209 e. The molecule has 20 heavy (non-hydrogen) atoms. The number of morpholine rings is 1. The molecule has 0 aliphatic carbocycles. The maximum absolute atomic E-state index is 10.5. The molecule has 0 aromatic rings. The molecule has 0 radical (unpaired) electrons. The van der Waals surface area contributed by atoms with E-state index < -0.39 is 0 Å². The molecule has 4 heteroatoms. The van der Waals surface area contributed by atoms with Crippen molar-refractivity contribution in [3.05, 3.63) is 0 Å². The molecule has 0 spiro atoms. The molecule has 4 nitrogen and oxygen atoms in total. The lowest BCUT2D eigenvalue weighted by molar-refractivity contribution is -0.117. The number of hydrogen-bond donors (Lipinski definition) is 0. The van der Waals surface area contributed by atoms with Crippen LogP contribution in [0.1, 0.15) is 53.9 Å². The van der Waals surface area contributed by atoms with Crippen molar-refractivity contribution in [2.24, 2.45) is 0 Å². The predicted octanol–water partition coefficient (Wildman–Crippen LogP) is 3.02. The molecule has 1 aliphatic rings. The predicted molar refractivity (Wildman–Crippen MR) is 87.1 cm³/mol. The second kappa shape index (κ2) is 16.4. The van der Waals surface area contributed by atoms with Crippen LogP contribution in [0.25, 0.3) is 0 Å². The molecule has 1 saturated heterocycles. The van der Waals surface area contributed by atoms with E-state index in [0.29, 0.717) is 6.10 Å². The molecular weight excluding hydrogens is 252 g/mol. The van der Waals surface area contributed by atoms with Crippen LogP contribution >= 0.6 is 0 Å². The highest BCUT2D eigenvalue weighted by Gasteiger charge is 2.19. The molecule has 1 fully saturated rings. The quantitative estimate of drug-likeness (QED) is 0.675. The Balaban J connectivity index is 0. The summed E-state index contributed by atoms with van der Waals surface area (Å²) in [5.74, 6) is 0. The number of carbonyl (C=O) groups excluding carboxylic acids is 1. The second-order valence-corrected chi connectivity index (χ2v) is 4.52. The van der Waals surface area contributed by atoms with Crippen molar-refractivity contribution in [3.8, 4) is 0 Å². The first kappa shape index (κ1) is 21.7. The minimum Gasteiger partial charge on any atom is -0.375 e. The summed E-state index contributed by atoms with van der Waals surface area (Å²) >= 11 is 0. The van der Waals surface area contributed by atoms with E-state index in [1.807, 2.05) is 34.7 Å². The lowest BCUT2D eigenvalue weighted by atomic mass is 10.2. The van der Waals surface area contributed by atoms with Crippen molar-refractivity contribution in [3.63, 3.8) is 0 Å². The molecular formula is C16H36N2O2. The molecule has 122 valence electrons. The normalized spacial score (nSPS) is 18.2. The molecule has 1 heterocycles. The smallest absolute Gasteiger partial charge is 0.209 e. The minimum absolute atomic E-state index is 0.299. The third-order valence-corrected chi connectivity index (χ3v) is 3.03. The van der Waals surface area contributed by atoms with Crippen molar-refractivity contribution < 1.29 is 9.53 Å². The summed E-state index contributed by atoms with van der Waals surface area (Å²) in [4.78, 5) is 14.6. The Hall–Kier alpha value is -0.610. The highest BCUT2D eigenvalue weighted by molar-refractivity contribution is 5.46. The van der Waals surface area contributed by atoms with Gasteiger partial charge in [0.25, 0.3) is 0 Å². The van der Waals surface area contributed by atoms with Gasteiger partial charge in [-0.25, -0.2) is 0 Å². The summed E-state index contributed by atoms with van der Waals surface area (Å²) in [6.45, 7) is 15.1. The average Bonchev–Trinajstić information content (AvgIpc) is 2.54. The molecule has 0 aromatic carbocycles. The zero-order valence-electron chi connectivity index (χ0n) is 14.5. The Morgan fingerprint density at radius 3 is 2.50 bits per heavy atom. The average molecular weight is 288 g/mol. The van der Waals surface area contributed by atoms with Gasteiger partial charge in [0, 0.05) is 26.7 Å². The zero-order valence-corrected chi connectivity index (χ0v) is 14.5. The Kier molecular flexibility index (Phi) is 17.8. The van der Waals surface area contributed by atoms with Gasteiger partial charge in [-0.15, -0.1) is 0 Å². The molecule has 0 aromatic heterocycles. The highest BCUT2D eigenvalue weighted by atomic mass is 16.5. The number of amides is 1. The van der Waals surface area contributed by atoms with Gasteiger partial charge in [-0.1, -0.05) is 41.0 Å². The first-order valence-corrected chi connectivity index (χ1v) is 8.25. The van der Waals surface area contributed by atoms with E-state index >= 15 is 0 Å². The van der Waals surface area contributed by atoms with Crippen LogP contribution in [0.2, 0.25) is 0 Å². The van der Waals surface area contributed by atoms with E-state index in [9.17, 15) is 4.79 Å². The third-order valence-electron chi connectivity index (χ3n) is 3.03. The van der Waals surface area contributed by atoms with Gasteiger partial charge in [-0.2, -0.15) is 0 Å². The van der Waals surface area contributed by atoms with E-state index in [-0.39, 0.29) is 0 Å². The molecule has 1 atom stereocenters. The molecule has 1 rings (SSSR count). The summed E-state index contributed by atoms with van der Waals surface area (Å²) in [5.41, 5.74) is 0. The third kappa shape index (κ3) is 11.2. The highest BCUT2D eigenvalue weighted by Crippen LogP contribution is 2.09. The summed E-state index contributed by atoms with van der Waals surface area (Å²) in [6.07, 6.45) is 4.62. The number of carbonyl (C=O) groups is 1. The van der Waals surface area contributed by atoms with E-state index in [4.69, 9.17) is 4.74 Å². The van der Waals surface area contributed by atoms with Gasteiger partial charge in [0.15, 0.2) is 0 Å². The molecule has 1 aliphatic heterocycles. The fraction of sp³-hybridized carbons (Fsp3) is 0.938. The SMILES string of the molecule is CC.CC.CCCCN1CCOC(CCN(C)C=O)C1. The largest absolute Gasteiger partial charge is 0.375 e. The molecule has 0 bridgehead atoms. The second-order valence-electron chi connectivity index (χ2n) is 4.52. The first-order chi connectivity index (χ1) is 9.76. The van der Waals surface area contributed by atoms with E-state index in [1.54, 1.807) is 4.90 Å². The summed E-state index contributed by atoms with van der Waals surface area (Å²) in [6, 6.07) is 0. The lowest BCUT2D eigenvalue weighted by Crippen LogP contribution is -2.43. The Morgan fingerprint density at radius 1 is 1.30 bits per heavy atom. The summed E-state index contributed by atoms with van der Waals surface area (Å²) in [5, 5.41) is 0. The fourth-order valence-corrected chi connectivity index (χ4v) is 1.94. The number of nitrogens with zero attached hydrogens (tertiary/aromatic N) is 2. The summed E-state index contributed by atoms with van der Waals surface area (Å²) < 4.78 is 5.70. The van der Waals surface area contributed by atoms with Crippen LogP contribution in [-0.2, 0) is 9.53 Å². The Labute approximate surface area is 126 Å². The van der Waals surface area contributed by atoms with Gasteiger partial charge in [0.1, 0.15) is 0 Å². The van der Waals surface area contributed by atoms with Gasteiger partial charge >= 0.3 is 0 Å². The Morgan fingerprint density at radius 2 is 1.95 bits per heavy atom. The van der Waals surface area contributed by atoms with E-state index in [0.717, 1.165) is 39.1 Å². The number of unbranched alkanes of at least 4 members (excludes halogenated alkanes) is 1. The molecule has 0 N–H and O–H groups in total. The van der Waals surface area contributed by atoms with Crippen LogP contribution in [0.3, 0.4) is 0 Å². The lowest BCUT2D eigenvalue weighted by Gasteiger charge is -2.33. The van der Waals surface area contributed by atoms with E-state index in [1.165, 1.54) is 19.4 Å². The van der Waals surface area contributed by atoms with Crippen molar-refractivity contribution in [1.82, 2.24) is 9.80 Å². The number of rotatable bonds is 7. The van der Waals surface area contributed by atoms with Crippen LogP contribution in [0.5, 0.6) is 0 Å². The van der Waals surface area contributed by atoms with E-state index in [2.05, 4.69) is 11.8 Å². The van der Waals surface area contributed by atoms with Gasteiger partial charge < -0.3 is 9.64 Å². The topological polar surface area (TPSA) is 32.8 Å². The zero-order chi connectivity index (χ0) is 15.8. The van der Waals surface area contributed by atoms with Crippen LogP contribution in [0.15, 0.2) is 0 Å². The van der Waals surface area contributed by atoms with Crippen LogP contribution in [0, 0.1) is 0 Å². The Bertz CT molecular complexity index is 201. The van der Waals surface area contributed by atoms with Crippen LogP contribution < -0.4 is 0 Å². The maximum atomic E-state index is 10.5. The summed E-state index contributed by atoms with van der Waals surface area (Å²) in [7, 11) is 1.81. The van der Waals surface area contributed by atoms with Crippen molar-refractivity contribution >= 4 is 6.41 Å². The minimum atomic E-state index is 0.299. The first-order valence-electron chi connectivity index (χ1n) is 8.25. The van der Waals surface area contributed by atoms with Gasteiger partial charge in [0.05, 0.1) is 12.7 Å². The van der Waals surface area contributed by atoms with Crippen LogP contribution in [0.4, 0.5) is 0 Å². The van der Waals surface area contributed by atoms with Crippen molar-refractivity contribution in [1.29, 1.82) is 0 Å². The monoisotopic (exact) mass is 288 g/mol. The van der Waals surface area contributed by atoms with Crippen molar-refractivity contribution in [2.75, 3.05) is 39.8 Å². The van der Waals surface area contributed by atoms with Gasteiger partial charge in [-0.3, -0.25) is 9.69 Å². The fourth-order valence-electron chi connectivity index (χ4n) is 1.94.